The van der Waals surface area contributed by atoms with Gasteiger partial charge >= 0.3 is 0 Å². The van der Waals surface area contributed by atoms with Gasteiger partial charge in [-0.25, -0.2) is 0 Å². The molecule has 1 aromatic rings. The highest BCUT2D eigenvalue weighted by molar-refractivity contribution is 7.99. The summed E-state index contributed by atoms with van der Waals surface area (Å²) in [7, 11) is 0. The van der Waals surface area contributed by atoms with Crippen LogP contribution < -0.4 is 5.32 Å². The number of rotatable bonds is 3. The average molecular weight is 232 g/mol. The lowest BCUT2D eigenvalue weighted by Gasteiger charge is -2.21. The van der Waals surface area contributed by atoms with Crippen molar-refractivity contribution in [2.24, 2.45) is 0 Å². The molecule has 0 aromatic heterocycles. The van der Waals surface area contributed by atoms with Crippen LogP contribution in [0, 0.1) is 11.3 Å². The number of thioether (sulfide) groups is 1. The molecule has 3 heteroatoms. The SMILES string of the molecule is N#Cc1cccc(CSC2CCNCC2)c1. The average Bonchev–Trinajstić information content (AvgIpc) is 2.38. The van der Waals surface area contributed by atoms with Crippen LogP contribution in [0.4, 0.5) is 0 Å². The molecule has 0 atom stereocenters. The van der Waals surface area contributed by atoms with Gasteiger partial charge in [-0.15, -0.1) is 0 Å². The maximum Gasteiger partial charge on any atom is 0.0991 e. The molecule has 1 N–H and O–H groups in total. The first-order valence-corrected chi connectivity index (χ1v) is 6.75. The molecular formula is C13H16N2S. The summed E-state index contributed by atoms with van der Waals surface area (Å²) in [5, 5.41) is 13.0. The molecule has 16 heavy (non-hydrogen) atoms. The van der Waals surface area contributed by atoms with Crippen molar-refractivity contribution in [1.82, 2.24) is 5.32 Å². The van der Waals surface area contributed by atoms with E-state index in [9.17, 15) is 0 Å². The van der Waals surface area contributed by atoms with Gasteiger partial charge in [0.25, 0.3) is 0 Å². The molecule has 1 saturated heterocycles. The van der Waals surface area contributed by atoms with Crippen LogP contribution in [-0.2, 0) is 5.75 Å². The molecule has 0 aliphatic carbocycles. The normalized spacial score (nSPS) is 16.9. The van der Waals surface area contributed by atoms with Crippen molar-refractivity contribution in [2.75, 3.05) is 13.1 Å². The van der Waals surface area contributed by atoms with Crippen LogP contribution in [0.1, 0.15) is 24.0 Å². The largest absolute Gasteiger partial charge is 0.317 e. The number of nitriles is 1. The van der Waals surface area contributed by atoms with Gasteiger partial charge in [-0.2, -0.15) is 17.0 Å². The number of hydrogen-bond acceptors (Lipinski definition) is 3. The summed E-state index contributed by atoms with van der Waals surface area (Å²) in [5.41, 5.74) is 2.03. The van der Waals surface area contributed by atoms with E-state index in [1.807, 2.05) is 30.0 Å². The number of nitrogens with one attached hydrogen (secondary N) is 1. The molecule has 0 saturated carbocycles. The Morgan fingerprint density at radius 3 is 2.94 bits per heavy atom. The first-order chi connectivity index (χ1) is 7.88. The summed E-state index contributed by atoms with van der Waals surface area (Å²) < 4.78 is 0. The number of nitrogens with zero attached hydrogens (tertiary/aromatic N) is 1. The molecule has 1 aromatic carbocycles. The number of hydrogen-bond donors (Lipinski definition) is 1. The number of piperidine rings is 1. The zero-order chi connectivity index (χ0) is 11.2. The van der Waals surface area contributed by atoms with Gasteiger partial charge in [0.2, 0.25) is 0 Å². The lowest BCUT2D eigenvalue weighted by molar-refractivity contribution is 0.531. The number of benzene rings is 1. The molecule has 0 unspecified atom stereocenters. The van der Waals surface area contributed by atoms with E-state index in [0.717, 1.165) is 29.7 Å². The minimum absolute atomic E-state index is 0.767. The van der Waals surface area contributed by atoms with Crippen molar-refractivity contribution < 1.29 is 0 Å². The van der Waals surface area contributed by atoms with Crippen LogP contribution in [0.5, 0.6) is 0 Å². The molecule has 1 heterocycles. The summed E-state index contributed by atoms with van der Waals surface area (Å²) in [4.78, 5) is 0. The van der Waals surface area contributed by atoms with Crippen LogP contribution >= 0.6 is 11.8 Å². The van der Waals surface area contributed by atoms with Crippen LogP contribution in [-0.4, -0.2) is 18.3 Å². The van der Waals surface area contributed by atoms with Gasteiger partial charge in [-0.1, -0.05) is 12.1 Å². The Morgan fingerprint density at radius 1 is 1.38 bits per heavy atom. The Hall–Kier alpha value is -0.980. The molecule has 84 valence electrons. The Balaban J connectivity index is 1.86. The van der Waals surface area contributed by atoms with Crippen molar-refractivity contribution in [3.63, 3.8) is 0 Å². The van der Waals surface area contributed by atoms with Crippen LogP contribution in [0.2, 0.25) is 0 Å². The summed E-state index contributed by atoms with van der Waals surface area (Å²) in [6.45, 7) is 2.30. The van der Waals surface area contributed by atoms with E-state index in [0.29, 0.717) is 0 Å². The highest BCUT2D eigenvalue weighted by Gasteiger charge is 2.12. The minimum atomic E-state index is 0.767. The smallest absolute Gasteiger partial charge is 0.0991 e. The Morgan fingerprint density at radius 2 is 2.19 bits per heavy atom. The van der Waals surface area contributed by atoms with E-state index in [4.69, 9.17) is 5.26 Å². The highest BCUT2D eigenvalue weighted by Crippen LogP contribution is 2.24. The first-order valence-electron chi connectivity index (χ1n) is 5.70. The van der Waals surface area contributed by atoms with Crippen LogP contribution in [0.3, 0.4) is 0 Å². The predicted octanol–water partition coefficient (Wildman–Crippen LogP) is 2.54. The van der Waals surface area contributed by atoms with E-state index in [1.165, 1.54) is 18.4 Å². The molecule has 2 rings (SSSR count). The van der Waals surface area contributed by atoms with Gasteiger partial charge in [0, 0.05) is 11.0 Å². The van der Waals surface area contributed by atoms with Crippen LogP contribution in [0.25, 0.3) is 0 Å². The van der Waals surface area contributed by atoms with E-state index in [-0.39, 0.29) is 0 Å². The second kappa shape index (κ2) is 5.93. The molecule has 0 spiro atoms. The van der Waals surface area contributed by atoms with E-state index in [2.05, 4.69) is 17.5 Å². The summed E-state index contributed by atoms with van der Waals surface area (Å²) in [6, 6.07) is 10.1. The molecule has 0 bridgehead atoms. The zero-order valence-corrected chi connectivity index (χ0v) is 10.1. The second-order valence-electron chi connectivity index (χ2n) is 4.07. The monoisotopic (exact) mass is 232 g/mol. The van der Waals surface area contributed by atoms with E-state index in [1.54, 1.807) is 0 Å². The van der Waals surface area contributed by atoms with Crippen molar-refractivity contribution in [2.45, 2.75) is 23.8 Å². The van der Waals surface area contributed by atoms with Crippen molar-refractivity contribution in [3.05, 3.63) is 35.4 Å². The Bertz CT molecular complexity index is 378. The third-order valence-electron chi connectivity index (χ3n) is 2.83. The van der Waals surface area contributed by atoms with Crippen molar-refractivity contribution in [1.29, 1.82) is 5.26 Å². The minimum Gasteiger partial charge on any atom is -0.317 e. The highest BCUT2D eigenvalue weighted by atomic mass is 32.2. The van der Waals surface area contributed by atoms with Gasteiger partial charge in [0.15, 0.2) is 0 Å². The lowest BCUT2D eigenvalue weighted by atomic mass is 10.1. The zero-order valence-electron chi connectivity index (χ0n) is 9.28. The molecule has 1 fully saturated rings. The Labute approximate surface area is 101 Å². The third-order valence-corrected chi connectivity index (χ3v) is 4.27. The van der Waals surface area contributed by atoms with Crippen molar-refractivity contribution >= 4 is 11.8 Å². The van der Waals surface area contributed by atoms with Gasteiger partial charge in [0.05, 0.1) is 11.6 Å². The van der Waals surface area contributed by atoms with Gasteiger partial charge in [0.1, 0.15) is 0 Å². The second-order valence-corrected chi connectivity index (χ2v) is 5.36. The summed E-state index contributed by atoms with van der Waals surface area (Å²) in [5.74, 6) is 1.03. The fraction of sp³-hybridized carbons (Fsp3) is 0.462. The lowest BCUT2D eigenvalue weighted by Crippen LogP contribution is -2.29. The fourth-order valence-corrected chi connectivity index (χ4v) is 3.08. The third kappa shape index (κ3) is 3.26. The molecule has 0 amide bonds. The first kappa shape index (κ1) is 11.5. The maximum atomic E-state index is 8.81. The molecule has 1 aliphatic heterocycles. The van der Waals surface area contributed by atoms with Gasteiger partial charge < -0.3 is 5.32 Å². The van der Waals surface area contributed by atoms with E-state index < -0.39 is 0 Å². The van der Waals surface area contributed by atoms with Crippen molar-refractivity contribution in [3.8, 4) is 6.07 Å². The standard InChI is InChI=1S/C13H16N2S/c14-9-11-2-1-3-12(8-11)10-16-13-4-6-15-7-5-13/h1-3,8,13,15H,4-7,10H2. The summed E-state index contributed by atoms with van der Waals surface area (Å²) in [6.07, 6.45) is 2.53. The molecular weight excluding hydrogens is 216 g/mol. The summed E-state index contributed by atoms with van der Waals surface area (Å²) >= 11 is 2.02. The van der Waals surface area contributed by atoms with Gasteiger partial charge in [-0.3, -0.25) is 0 Å². The van der Waals surface area contributed by atoms with Crippen LogP contribution in [0.15, 0.2) is 24.3 Å². The quantitative estimate of drug-likeness (QED) is 0.870. The van der Waals surface area contributed by atoms with Gasteiger partial charge in [-0.05, 0) is 43.6 Å². The molecule has 1 aliphatic rings. The molecule has 2 nitrogen and oxygen atoms in total. The fourth-order valence-electron chi connectivity index (χ4n) is 1.91. The molecule has 0 radical (unpaired) electrons. The Kier molecular flexibility index (Phi) is 4.26. The topological polar surface area (TPSA) is 35.8 Å². The maximum absolute atomic E-state index is 8.81. The predicted molar refractivity (Wildman–Crippen MR) is 68.3 cm³/mol. The van der Waals surface area contributed by atoms with E-state index >= 15 is 0 Å².